The first kappa shape index (κ1) is 16.8. The van der Waals surface area contributed by atoms with Gasteiger partial charge in [-0.25, -0.2) is 0 Å². The van der Waals surface area contributed by atoms with Gasteiger partial charge < -0.3 is 4.57 Å². The van der Waals surface area contributed by atoms with Gasteiger partial charge in [-0.2, -0.15) is 5.10 Å². The van der Waals surface area contributed by atoms with Crippen molar-refractivity contribution in [3.63, 3.8) is 0 Å². The molecule has 1 aliphatic carbocycles. The third-order valence-corrected chi connectivity index (χ3v) is 5.52. The Morgan fingerprint density at radius 3 is 2.77 bits per heavy atom. The van der Waals surface area contributed by atoms with Crippen molar-refractivity contribution in [3.05, 3.63) is 64.2 Å². The van der Waals surface area contributed by atoms with Crippen LogP contribution in [0.1, 0.15) is 36.6 Å². The highest BCUT2D eigenvalue weighted by molar-refractivity contribution is 7.98. The topological polar surface area (TPSA) is 91.7 Å². The lowest BCUT2D eigenvalue weighted by molar-refractivity contribution is -0.385. The van der Waals surface area contributed by atoms with Gasteiger partial charge in [0, 0.05) is 12.5 Å². The number of hydrogen-bond acceptors (Lipinski definition) is 6. The van der Waals surface area contributed by atoms with Crippen molar-refractivity contribution in [1.29, 1.82) is 0 Å². The van der Waals surface area contributed by atoms with Gasteiger partial charge in [0.2, 0.25) is 0 Å². The minimum absolute atomic E-state index is 0.00747. The number of rotatable bonds is 7. The molecule has 0 amide bonds. The average Bonchev–Trinajstić information content (AvgIpc) is 3.12. The van der Waals surface area contributed by atoms with E-state index in [0.717, 1.165) is 23.9 Å². The fourth-order valence-electron chi connectivity index (χ4n) is 3.17. The highest BCUT2D eigenvalue weighted by Gasteiger charge is 2.43. The number of aromatic nitrogens is 5. The molecule has 1 fully saturated rings. The number of thioether (sulfide) groups is 1. The summed E-state index contributed by atoms with van der Waals surface area (Å²) in [4.78, 5) is 10.3. The molecule has 0 saturated heterocycles. The molecular formula is C17H18N6O2S. The van der Waals surface area contributed by atoms with Gasteiger partial charge in [0.1, 0.15) is 18.2 Å². The quantitative estimate of drug-likeness (QED) is 0.359. The smallest absolute Gasteiger partial charge is 0.306 e. The fourth-order valence-corrected chi connectivity index (χ4v) is 4.03. The first-order valence-corrected chi connectivity index (χ1v) is 9.43. The van der Waals surface area contributed by atoms with E-state index < -0.39 is 4.92 Å². The van der Waals surface area contributed by atoms with Crippen molar-refractivity contribution in [2.75, 3.05) is 0 Å². The van der Waals surface area contributed by atoms with Crippen LogP contribution in [-0.2, 0) is 12.4 Å². The molecule has 4 rings (SSSR count). The summed E-state index contributed by atoms with van der Waals surface area (Å²) in [5.74, 6) is 2.40. The van der Waals surface area contributed by atoms with E-state index in [-0.39, 0.29) is 5.69 Å². The van der Waals surface area contributed by atoms with E-state index in [0.29, 0.717) is 17.7 Å². The number of nitrogens with zero attached hydrogens (tertiary/aromatic N) is 6. The van der Waals surface area contributed by atoms with Gasteiger partial charge in [-0.1, -0.05) is 42.1 Å². The number of benzene rings is 1. The molecule has 2 aromatic heterocycles. The third-order valence-electron chi connectivity index (χ3n) is 4.57. The Labute approximate surface area is 154 Å². The van der Waals surface area contributed by atoms with Gasteiger partial charge in [-0.3, -0.25) is 14.8 Å². The lowest BCUT2D eigenvalue weighted by Gasteiger charge is -2.07. The molecule has 26 heavy (non-hydrogen) atoms. The van der Waals surface area contributed by atoms with Crippen molar-refractivity contribution in [1.82, 2.24) is 24.5 Å². The maximum Gasteiger partial charge on any atom is 0.307 e. The molecule has 0 N–H and O–H groups in total. The minimum Gasteiger partial charge on any atom is -0.306 e. The van der Waals surface area contributed by atoms with Crippen LogP contribution in [0.25, 0.3) is 0 Å². The molecule has 1 aromatic carbocycles. The van der Waals surface area contributed by atoms with Crippen molar-refractivity contribution in [2.24, 2.45) is 0 Å². The summed E-state index contributed by atoms with van der Waals surface area (Å²) in [6.45, 7) is 2.87. The maximum absolute atomic E-state index is 10.7. The van der Waals surface area contributed by atoms with Crippen LogP contribution in [-0.4, -0.2) is 29.5 Å². The Morgan fingerprint density at radius 1 is 1.27 bits per heavy atom. The second-order valence-corrected chi connectivity index (χ2v) is 7.12. The van der Waals surface area contributed by atoms with Crippen LogP contribution in [0.5, 0.6) is 0 Å². The van der Waals surface area contributed by atoms with Crippen molar-refractivity contribution < 1.29 is 4.92 Å². The zero-order valence-corrected chi connectivity index (χ0v) is 15.0. The van der Waals surface area contributed by atoms with Crippen LogP contribution in [0.2, 0.25) is 0 Å². The fraction of sp³-hybridized carbons (Fsp3) is 0.353. The Hall–Kier alpha value is -2.68. The van der Waals surface area contributed by atoms with Crippen LogP contribution in [0.15, 0.2) is 47.9 Å². The van der Waals surface area contributed by atoms with E-state index in [1.165, 1.54) is 29.7 Å². The first-order chi connectivity index (χ1) is 12.7. The second kappa shape index (κ2) is 6.91. The van der Waals surface area contributed by atoms with Gasteiger partial charge >= 0.3 is 5.69 Å². The molecular weight excluding hydrogens is 352 g/mol. The SMILES string of the molecule is CCn1c(SCn2cc([N+](=O)[O-])cn2)nnc1C1CC1c1ccccc1. The van der Waals surface area contributed by atoms with Crippen LogP contribution >= 0.6 is 11.8 Å². The van der Waals surface area contributed by atoms with Crippen LogP contribution in [0.4, 0.5) is 5.69 Å². The second-order valence-electron chi connectivity index (χ2n) is 6.21. The normalized spacial score (nSPS) is 18.8. The predicted octanol–water partition coefficient (Wildman–Crippen LogP) is 3.42. The molecule has 0 bridgehead atoms. The zero-order valence-electron chi connectivity index (χ0n) is 14.2. The maximum atomic E-state index is 10.7. The predicted molar refractivity (Wildman–Crippen MR) is 97.0 cm³/mol. The van der Waals surface area contributed by atoms with E-state index in [1.54, 1.807) is 4.68 Å². The molecule has 2 atom stereocenters. The molecule has 9 heteroatoms. The highest BCUT2D eigenvalue weighted by atomic mass is 32.2. The van der Waals surface area contributed by atoms with E-state index in [2.05, 4.69) is 51.1 Å². The van der Waals surface area contributed by atoms with Crippen LogP contribution in [0.3, 0.4) is 0 Å². The van der Waals surface area contributed by atoms with Crippen LogP contribution < -0.4 is 0 Å². The monoisotopic (exact) mass is 370 g/mol. The molecule has 2 heterocycles. The molecule has 1 aliphatic rings. The average molecular weight is 370 g/mol. The molecule has 0 spiro atoms. The van der Waals surface area contributed by atoms with E-state index in [4.69, 9.17) is 0 Å². The van der Waals surface area contributed by atoms with Gasteiger partial charge in [0.05, 0.1) is 10.8 Å². The third kappa shape index (κ3) is 3.22. The summed E-state index contributed by atoms with van der Waals surface area (Å²) in [5, 5.41) is 24.3. The largest absolute Gasteiger partial charge is 0.307 e. The van der Waals surface area contributed by atoms with Gasteiger partial charge in [-0.05, 0) is 24.8 Å². The molecule has 3 aromatic rings. The van der Waals surface area contributed by atoms with E-state index in [1.807, 2.05) is 6.07 Å². The Balaban J connectivity index is 1.46. The van der Waals surface area contributed by atoms with Gasteiger partial charge in [0.25, 0.3) is 0 Å². The zero-order chi connectivity index (χ0) is 18.1. The highest BCUT2D eigenvalue weighted by Crippen LogP contribution is 2.54. The van der Waals surface area contributed by atoms with E-state index >= 15 is 0 Å². The summed E-state index contributed by atoms with van der Waals surface area (Å²) in [5.41, 5.74) is 1.34. The first-order valence-electron chi connectivity index (χ1n) is 8.45. The summed E-state index contributed by atoms with van der Waals surface area (Å²) in [6, 6.07) is 10.5. The Morgan fingerprint density at radius 2 is 2.08 bits per heavy atom. The lowest BCUT2D eigenvalue weighted by Crippen LogP contribution is -2.04. The van der Waals surface area contributed by atoms with Crippen molar-refractivity contribution in [2.45, 2.75) is 42.8 Å². The summed E-state index contributed by atoms with van der Waals surface area (Å²) < 4.78 is 3.68. The molecule has 0 radical (unpaired) electrons. The molecule has 1 saturated carbocycles. The van der Waals surface area contributed by atoms with Crippen molar-refractivity contribution in [3.8, 4) is 0 Å². The molecule has 2 unspecified atom stereocenters. The molecule has 0 aliphatic heterocycles. The van der Waals surface area contributed by atoms with Gasteiger partial charge in [-0.15, -0.1) is 10.2 Å². The molecule has 8 nitrogen and oxygen atoms in total. The van der Waals surface area contributed by atoms with Crippen LogP contribution in [0, 0.1) is 10.1 Å². The van der Waals surface area contributed by atoms with E-state index in [9.17, 15) is 10.1 Å². The molecule has 134 valence electrons. The summed E-state index contributed by atoms with van der Waals surface area (Å²) in [6.07, 6.45) is 3.77. The standard InChI is InChI=1S/C17H18N6O2S/c1-2-22-16(15-8-14(15)12-6-4-3-5-7-12)19-20-17(22)26-11-21-10-13(9-18-21)23(24)25/h3-7,9-10,14-15H,2,8,11H2,1H3. The summed E-state index contributed by atoms with van der Waals surface area (Å²) >= 11 is 1.48. The van der Waals surface area contributed by atoms with Gasteiger partial charge in [0.15, 0.2) is 5.16 Å². The number of hydrogen-bond donors (Lipinski definition) is 0. The lowest BCUT2D eigenvalue weighted by atomic mass is 10.1. The number of nitro groups is 1. The van der Waals surface area contributed by atoms with Crippen molar-refractivity contribution >= 4 is 17.4 Å². The minimum atomic E-state index is -0.447. The Kier molecular flexibility index (Phi) is 4.46. The summed E-state index contributed by atoms with van der Waals surface area (Å²) in [7, 11) is 0. The Bertz CT molecular complexity index is 922.